The first-order valence-corrected chi connectivity index (χ1v) is 7.91. The highest BCUT2D eigenvalue weighted by atomic mass is 32.2. The summed E-state index contributed by atoms with van der Waals surface area (Å²) in [6, 6.07) is 0. The van der Waals surface area contributed by atoms with Crippen molar-refractivity contribution in [2.24, 2.45) is 0 Å². The first-order valence-electron chi connectivity index (χ1n) is 5.38. The van der Waals surface area contributed by atoms with Gasteiger partial charge in [-0.3, -0.25) is 4.79 Å². The maximum Gasteiger partial charge on any atom is 0.305 e. The van der Waals surface area contributed by atoms with E-state index < -0.39 is 16.0 Å². The average molecular weight is 292 g/mol. The molecule has 0 amide bonds. The number of sulfonamides is 1. The molecule has 0 saturated heterocycles. The van der Waals surface area contributed by atoms with Crippen LogP contribution in [0, 0.1) is 6.92 Å². The number of carbonyl (C=O) groups excluding carboxylic acids is 1. The molecule has 0 aliphatic rings. The van der Waals surface area contributed by atoms with Gasteiger partial charge in [0.15, 0.2) is 0 Å². The largest absolute Gasteiger partial charge is 0.469 e. The third-order valence-corrected chi connectivity index (χ3v) is 4.51. The number of hydrogen-bond acceptors (Lipinski definition) is 6. The highest BCUT2D eigenvalue weighted by Crippen LogP contribution is 2.08. The van der Waals surface area contributed by atoms with E-state index in [-0.39, 0.29) is 25.1 Å². The molecular formula is C10H16N2O4S2. The molecule has 0 unspecified atom stereocenters. The van der Waals surface area contributed by atoms with Gasteiger partial charge in [0.1, 0.15) is 5.01 Å². The van der Waals surface area contributed by atoms with Crippen molar-refractivity contribution >= 4 is 27.3 Å². The molecular weight excluding hydrogens is 276 g/mol. The van der Waals surface area contributed by atoms with Crippen LogP contribution in [0.2, 0.25) is 0 Å². The van der Waals surface area contributed by atoms with Crippen molar-refractivity contribution in [3.05, 3.63) is 16.1 Å². The maximum atomic E-state index is 11.6. The Labute approximate surface area is 110 Å². The van der Waals surface area contributed by atoms with Crippen molar-refractivity contribution in [3.8, 4) is 0 Å². The van der Waals surface area contributed by atoms with Crippen LogP contribution in [0.15, 0.2) is 5.38 Å². The summed E-state index contributed by atoms with van der Waals surface area (Å²) in [5.74, 6) is -0.493. The molecule has 0 aliphatic carbocycles. The molecule has 0 fully saturated rings. The summed E-state index contributed by atoms with van der Waals surface area (Å²) < 4.78 is 30.1. The predicted octanol–water partition coefficient (Wildman–Crippen LogP) is 0.824. The molecule has 0 saturated carbocycles. The molecule has 6 nitrogen and oxygen atoms in total. The van der Waals surface area contributed by atoms with Crippen LogP contribution in [0.3, 0.4) is 0 Å². The number of esters is 1. The van der Waals surface area contributed by atoms with Crippen molar-refractivity contribution in [2.75, 3.05) is 12.9 Å². The SMILES string of the molecule is COC(=O)CCCS(=O)(=O)NCc1nc(C)cs1. The van der Waals surface area contributed by atoms with Crippen LogP contribution in [0.1, 0.15) is 23.5 Å². The van der Waals surface area contributed by atoms with Crippen LogP contribution < -0.4 is 4.72 Å². The first-order chi connectivity index (χ1) is 8.43. The van der Waals surface area contributed by atoms with Gasteiger partial charge in [-0.1, -0.05) is 0 Å². The zero-order valence-electron chi connectivity index (χ0n) is 10.3. The lowest BCUT2D eigenvalue weighted by atomic mass is 10.3. The lowest BCUT2D eigenvalue weighted by molar-refractivity contribution is -0.140. The molecule has 0 atom stereocenters. The smallest absolute Gasteiger partial charge is 0.305 e. The van der Waals surface area contributed by atoms with Crippen molar-refractivity contribution in [1.29, 1.82) is 0 Å². The van der Waals surface area contributed by atoms with Crippen LogP contribution in [-0.2, 0) is 26.1 Å². The minimum atomic E-state index is -3.37. The van der Waals surface area contributed by atoms with E-state index >= 15 is 0 Å². The van der Waals surface area contributed by atoms with Gasteiger partial charge < -0.3 is 4.74 Å². The van der Waals surface area contributed by atoms with Crippen molar-refractivity contribution in [3.63, 3.8) is 0 Å². The Morgan fingerprint density at radius 2 is 2.28 bits per heavy atom. The van der Waals surface area contributed by atoms with Gasteiger partial charge in [-0.25, -0.2) is 18.1 Å². The second-order valence-corrected chi connectivity index (χ2v) is 6.57. The van der Waals surface area contributed by atoms with Crippen molar-refractivity contribution in [1.82, 2.24) is 9.71 Å². The molecule has 0 aromatic carbocycles. The second kappa shape index (κ2) is 6.81. The van der Waals surface area contributed by atoms with E-state index in [0.717, 1.165) is 10.7 Å². The molecule has 1 heterocycles. The monoisotopic (exact) mass is 292 g/mol. The summed E-state index contributed by atoms with van der Waals surface area (Å²) in [6.45, 7) is 2.05. The summed E-state index contributed by atoms with van der Waals surface area (Å²) in [7, 11) is -2.09. The average Bonchev–Trinajstić information content (AvgIpc) is 2.72. The summed E-state index contributed by atoms with van der Waals surface area (Å²) in [5, 5.41) is 2.59. The van der Waals surface area contributed by atoms with E-state index in [4.69, 9.17) is 0 Å². The Morgan fingerprint density at radius 1 is 1.56 bits per heavy atom. The number of rotatable bonds is 7. The van der Waals surface area contributed by atoms with Crippen LogP contribution in [0.25, 0.3) is 0 Å². The lowest BCUT2D eigenvalue weighted by Gasteiger charge is -2.04. The number of methoxy groups -OCH3 is 1. The highest BCUT2D eigenvalue weighted by Gasteiger charge is 2.12. The van der Waals surface area contributed by atoms with Gasteiger partial charge in [0.2, 0.25) is 10.0 Å². The van der Waals surface area contributed by atoms with Gasteiger partial charge >= 0.3 is 5.97 Å². The van der Waals surface area contributed by atoms with Crippen LogP contribution in [-0.4, -0.2) is 32.2 Å². The van der Waals surface area contributed by atoms with E-state index in [0.29, 0.717) is 0 Å². The number of nitrogens with one attached hydrogen (secondary N) is 1. The molecule has 0 spiro atoms. The zero-order valence-corrected chi connectivity index (χ0v) is 11.9. The number of thiazole rings is 1. The number of aryl methyl sites for hydroxylation is 1. The van der Waals surface area contributed by atoms with E-state index in [1.807, 2.05) is 12.3 Å². The fourth-order valence-corrected chi connectivity index (χ4v) is 3.06. The summed E-state index contributed by atoms with van der Waals surface area (Å²) in [6.07, 6.45) is 0.354. The van der Waals surface area contributed by atoms with Gasteiger partial charge in [0.25, 0.3) is 0 Å². The van der Waals surface area contributed by atoms with Crippen molar-refractivity contribution < 1.29 is 17.9 Å². The number of hydrogen-bond donors (Lipinski definition) is 1. The molecule has 18 heavy (non-hydrogen) atoms. The third-order valence-electron chi connectivity index (χ3n) is 2.13. The molecule has 1 aromatic heterocycles. The van der Waals surface area contributed by atoms with Crippen LogP contribution in [0.4, 0.5) is 0 Å². The molecule has 0 radical (unpaired) electrons. The van der Waals surface area contributed by atoms with Gasteiger partial charge in [-0.05, 0) is 13.3 Å². The molecule has 1 aromatic rings. The van der Waals surface area contributed by atoms with E-state index in [9.17, 15) is 13.2 Å². The normalized spacial score (nSPS) is 11.4. The number of aromatic nitrogens is 1. The quantitative estimate of drug-likeness (QED) is 0.752. The molecule has 102 valence electrons. The third kappa shape index (κ3) is 5.56. The summed E-state index contributed by atoms with van der Waals surface area (Å²) in [5.41, 5.74) is 0.875. The summed E-state index contributed by atoms with van der Waals surface area (Å²) in [4.78, 5) is 15.0. The lowest BCUT2D eigenvalue weighted by Crippen LogP contribution is -2.26. The fraction of sp³-hybridized carbons (Fsp3) is 0.600. The molecule has 8 heteroatoms. The molecule has 1 rings (SSSR count). The predicted molar refractivity (Wildman–Crippen MR) is 68.7 cm³/mol. The Kier molecular flexibility index (Phi) is 5.70. The minimum absolute atomic E-state index is 0.0908. The van der Waals surface area contributed by atoms with Crippen LogP contribution >= 0.6 is 11.3 Å². The van der Waals surface area contributed by atoms with Gasteiger partial charge in [0, 0.05) is 17.5 Å². The van der Waals surface area contributed by atoms with E-state index in [1.54, 1.807) is 0 Å². The highest BCUT2D eigenvalue weighted by molar-refractivity contribution is 7.89. The van der Waals surface area contributed by atoms with Gasteiger partial charge in [-0.15, -0.1) is 11.3 Å². The Bertz CT molecular complexity index is 496. The van der Waals surface area contributed by atoms with Crippen LogP contribution in [0.5, 0.6) is 0 Å². The topological polar surface area (TPSA) is 85.4 Å². The Hall–Kier alpha value is -0.990. The van der Waals surface area contributed by atoms with E-state index in [2.05, 4.69) is 14.4 Å². The standard InChI is InChI=1S/C10H16N2O4S2/c1-8-7-17-9(12-8)6-11-18(14,15)5-3-4-10(13)16-2/h7,11H,3-6H2,1-2H3. The van der Waals surface area contributed by atoms with Gasteiger partial charge in [0.05, 0.1) is 19.4 Å². The maximum absolute atomic E-state index is 11.6. The fourth-order valence-electron chi connectivity index (χ4n) is 1.24. The second-order valence-electron chi connectivity index (χ2n) is 3.70. The summed E-state index contributed by atoms with van der Waals surface area (Å²) >= 11 is 1.41. The molecule has 0 aliphatic heterocycles. The van der Waals surface area contributed by atoms with E-state index in [1.165, 1.54) is 18.4 Å². The Morgan fingerprint density at radius 3 is 2.83 bits per heavy atom. The molecule has 1 N–H and O–H groups in total. The van der Waals surface area contributed by atoms with Gasteiger partial charge in [-0.2, -0.15) is 0 Å². The zero-order chi connectivity index (χ0) is 13.6. The Balaban J connectivity index is 2.33. The molecule has 0 bridgehead atoms. The number of nitrogens with zero attached hydrogens (tertiary/aromatic N) is 1. The minimum Gasteiger partial charge on any atom is -0.469 e. The first kappa shape index (κ1) is 15.1. The number of ether oxygens (including phenoxy) is 1. The van der Waals surface area contributed by atoms with Crippen molar-refractivity contribution in [2.45, 2.75) is 26.3 Å². The number of carbonyl (C=O) groups is 1.